The zero-order valence-corrected chi connectivity index (χ0v) is 11.6. The molecule has 0 radical (unpaired) electrons. The molecular formula is C14H19N3S. The van der Waals surface area contributed by atoms with Gasteiger partial charge in [0.1, 0.15) is 0 Å². The number of hydrazine groups is 1. The summed E-state index contributed by atoms with van der Waals surface area (Å²) in [4.78, 5) is 5.50. The molecular weight excluding hydrogens is 242 g/mol. The number of nitrogens with one attached hydrogen (secondary N) is 1. The van der Waals surface area contributed by atoms with Crippen LogP contribution in [-0.2, 0) is 12.8 Å². The van der Waals surface area contributed by atoms with Crippen LogP contribution in [0.4, 0.5) is 0 Å². The van der Waals surface area contributed by atoms with Crippen molar-refractivity contribution in [3.05, 3.63) is 51.5 Å². The van der Waals surface area contributed by atoms with Crippen molar-refractivity contribution >= 4 is 11.3 Å². The van der Waals surface area contributed by atoms with Gasteiger partial charge in [-0.05, 0) is 30.9 Å². The number of hydrogen-bond acceptors (Lipinski definition) is 4. The molecule has 3 nitrogen and oxygen atoms in total. The Morgan fingerprint density at radius 1 is 1.28 bits per heavy atom. The van der Waals surface area contributed by atoms with Crippen LogP contribution in [0, 0.1) is 6.92 Å². The highest BCUT2D eigenvalue weighted by Gasteiger charge is 2.15. The van der Waals surface area contributed by atoms with E-state index in [0.29, 0.717) is 0 Å². The summed E-state index contributed by atoms with van der Waals surface area (Å²) >= 11 is 1.66. The Morgan fingerprint density at radius 2 is 1.94 bits per heavy atom. The van der Waals surface area contributed by atoms with Crippen LogP contribution in [0.15, 0.2) is 29.8 Å². The number of nitrogens with two attached hydrogens (primary N) is 1. The molecule has 4 heteroatoms. The molecule has 18 heavy (non-hydrogen) atoms. The number of rotatable bonds is 5. The molecule has 0 aliphatic heterocycles. The van der Waals surface area contributed by atoms with Crippen LogP contribution in [-0.4, -0.2) is 4.98 Å². The molecule has 1 atom stereocenters. The first kappa shape index (κ1) is 13.2. The van der Waals surface area contributed by atoms with Crippen molar-refractivity contribution in [2.45, 2.75) is 32.7 Å². The lowest BCUT2D eigenvalue weighted by atomic mass is 10.0. The van der Waals surface area contributed by atoms with Gasteiger partial charge in [0.05, 0.1) is 17.2 Å². The molecule has 0 fully saturated rings. The van der Waals surface area contributed by atoms with E-state index in [1.54, 1.807) is 11.3 Å². The third-order valence-electron chi connectivity index (χ3n) is 3.17. The standard InChI is InChI=1S/C14H19N3S/c1-3-11-4-6-12(7-5-11)8-13(17-15)14-10(2)16-9-18-14/h4-7,9,13,17H,3,8,15H2,1-2H3. The summed E-state index contributed by atoms with van der Waals surface area (Å²) < 4.78 is 0. The lowest BCUT2D eigenvalue weighted by Gasteiger charge is -2.15. The van der Waals surface area contributed by atoms with E-state index in [4.69, 9.17) is 5.84 Å². The monoisotopic (exact) mass is 261 g/mol. The normalized spacial score (nSPS) is 12.6. The fraction of sp³-hybridized carbons (Fsp3) is 0.357. The number of benzene rings is 1. The second-order valence-electron chi connectivity index (χ2n) is 4.40. The van der Waals surface area contributed by atoms with E-state index in [-0.39, 0.29) is 6.04 Å². The van der Waals surface area contributed by atoms with Crippen molar-refractivity contribution in [3.8, 4) is 0 Å². The van der Waals surface area contributed by atoms with Gasteiger partial charge < -0.3 is 0 Å². The average Bonchev–Trinajstić information content (AvgIpc) is 2.83. The first-order chi connectivity index (χ1) is 8.74. The summed E-state index contributed by atoms with van der Waals surface area (Å²) in [6.07, 6.45) is 1.97. The summed E-state index contributed by atoms with van der Waals surface area (Å²) in [5.74, 6) is 5.67. The summed E-state index contributed by atoms with van der Waals surface area (Å²) in [7, 11) is 0. The first-order valence-corrected chi connectivity index (χ1v) is 7.06. The van der Waals surface area contributed by atoms with Crippen LogP contribution < -0.4 is 11.3 Å². The van der Waals surface area contributed by atoms with E-state index in [2.05, 4.69) is 41.6 Å². The van der Waals surface area contributed by atoms with Crippen molar-refractivity contribution in [2.24, 2.45) is 5.84 Å². The molecule has 0 aliphatic carbocycles. The molecule has 0 aliphatic rings. The van der Waals surface area contributed by atoms with Crippen LogP contribution in [0.3, 0.4) is 0 Å². The molecule has 1 aromatic carbocycles. The number of hydrogen-bond donors (Lipinski definition) is 2. The summed E-state index contributed by atoms with van der Waals surface area (Å²) in [6, 6.07) is 8.87. The van der Waals surface area contributed by atoms with E-state index in [9.17, 15) is 0 Å². The third kappa shape index (κ3) is 2.96. The zero-order valence-electron chi connectivity index (χ0n) is 10.8. The van der Waals surface area contributed by atoms with Crippen LogP contribution in [0.2, 0.25) is 0 Å². The Balaban J connectivity index is 2.13. The SMILES string of the molecule is CCc1ccc(CC(NN)c2scnc2C)cc1. The molecule has 0 saturated carbocycles. The maximum absolute atomic E-state index is 5.67. The van der Waals surface area contributed by atoms with Gasteiger partial charge in [0.25, 0.3) is 0 Å². The van der Waals surface area contributed by atoms with Crippen molar-refractivity contribution in [1.82, 2.24) is 10.4 Å². The molecule has 0 saturated heterocycles. The Morgan fingerprint density at radius 3 is 2.44 bits per heavy atom. The average molecular weight is 261 g/mol. The summed E-state index contributed by atoms with van der Waals surface area (Å²) in [5.41, 5.74) is 8.49. The van der Waals surface area contributed by atoms with E-state index >= 15 is 0 Å². The second kappa shape index (κ2) is 6.09. The van der Waals surface area contributed by atoms with Gasteiger partial charge in [0.15, 0.2) is 0 Å². The van der Waals surface area contributed by atoms with Crippen molar-refractivity contribution in [2.75, 3.05) is 0 Å². The molecule has 1 unspecified atom stereocenters. The maximum atomic E-state index is 5.67. The van der Waals surface area contributed by atoms with Crippen molar-refractivity contribution in [3.63, 3.8) is 0 Å². The van der Waals surface area contributed by atoms with Crippen LogP contribution in [0.1, 0.15) is 34.7 Å². The lowest BCUT2D eigenvalue weighted by molar-refractivity contribution is 0.557. The Kier molecular flexibility index (Phi) is 4.47. The molecule has 0 spiro atoms. The smallest absolute Gasteiger partial charge is 0.0798 e. The predicted molar refractivity (Wildman–Crippen MR) is 76.4 cm³/mol. The van der Waals surface area contributed by atoms with Crippen molar-refractivity contribution in [1.29, 1.82) is 0 Å². The molecule has 2 aromatic rings. The van der Waals surface area contributed by atoms with E-state index in [0.717, 1.165) is 18.5 Å². The Labute approximate surface area is 112 Å². The molecule has 2 rings (SSSR count). The van der Waals surface area contributed by atoms with Crippen LogP contribution in [0.25, 0.3) is 0 Å². The van der Waals surface area contributed by atoms with Gasteiger partial charge in [-0.2, -0.15) is 0 Å². The largest absolute Gasteiger partial charge is 0.271 e. The summed E-state index contributed by atoms with van der Waals surface area (Å²) in [6.45, 7) is 4.19. The number of thiazole rings is 1. The quantitative estimate of drug-likeness (QED) is 0.643. The van der Waals surface area contributed by atoms with Crippen LogP contribution >= 0.6 is 11.3 Å². The first-order valence-electron chi connectivity index (χ1n) is 6.18. The maximum Gasteiger partial charge on any atom is 0.0798 e. The van der Waals surface area contributed by atoms with Gasteiger partial charge in [-0.1, -0.05) is 31.2 Å². The summed E-state index contributed by atoms with van der Waals surface area (Å²) in [5, 5.41) is 0. The fourth-order valence-electron chi connectivity index (χ4n) is 2.02. The van der Waals surface area contributed by atoms with E-state index in [1.807, 2.05) is 12.4 Å². The minimum Gasteiger partial charge on any atom is -0.271 e. The molecule has 0 amide bonds. The minimum absolute atomic E-state index is 0.143. The van der Waals surface area contributed by atoms with Crippen LogP contribution in [0.5, 0.6) is 0 Å². The highest BCUT2D eigenvalue weighted by molar-refractivity contribution is 7.09. The van der Waals surface area contributed by atoms with Gasteiger partial charge in [-0.3, -0.25) is 11.3 Å². The fourth-order valence-corrected chi connectivity index (χ4v) is 2.88. The Bertz CT molecular complexity index is 490. The number of aromatic nitrogens is 1. The highest BCUT2D eigenvalue weighted by Crippen LogP contribution is 2.24. The van der Waals surface area contributed by atoms with Gasteiger partial charge in [-0.15, -0.1) is 11.3 Å². The van der Waals surface area contributed by atoms with Gasteiger partial charge in [0, 0.05) is 4.88 Å². The van der Waals surface area contributed by atoms with Gasteiger partial charge in [0.2, 0.25) is 0 Å². The van der Waals surface area contributed by atoms with Crippen molar-refractivity contribution < 1.29 is 0 Å². The van der Waals surface area contributed by atoms with E-state index < -0.39 is 0 Å². The molecule has 0 bridgehead atoms. The third-order valence-corrected chi connectivity index (χ3v) is 4.22. The molecule has 1 heterocycles. The van der Waals surface area contributed by atoms with Gasteiger partial charge >= 0.3 is 0 Å². The highest BCUT2D eigenvalue weighted by atomic mass is 32.1. The number of nitrogens with zero attached hydrogens (tertiary/aromatic N) is 1. The number of aryl methyl sites for hydroxylation is 2. The molecule has 1 aromatic heterocycles. The van der Waals surface area contributed by atoms with E-state index in [1.165, 1.54) is 16.0 Å². The Hall–Kier alpha value is -1.23. The van der Waals surface area contributed by atoms with Gasteiger partial charge in [-0.25, -0.2) is 4.98 Å². The topological polar surface area (TPSA) is 50.9 Å². The zero-order chi connectivity index (χ0) is 13.0. The molecule has 96 valence electrons. The minimum atomic E-state index is 0.143. The second-order valence-corrected chi connectivity index (χ2v) is 5.28. The molecule has 3 N–H and O–H groups in total. The lowest BCUT2D eigenvalue weighted by Crippen LogP contribution is -2.29. The predicted octanol–water partition coefficient (Wildman–Crippen LogP) is 2.76.